The van der Waals surface area contributed by atoms with Gasteiger partial charge in [-0.3, -0.25) is 19.2 Å². The number of piperazine rings is 1. The van der Waals surface area contributed by atoms with E-state index < -0.39 is 12.0 Å². The van der Waals surface area contributed by atoms with E-state index in [1.807, 2.05) is 32.0 Å². The Labute approximate surface area is 188 Å². The molecule has 3 N–H and O–H groups in total. The van der Waals surface area contributed by atoms with Crippen LogP contribution in [0.1, 0.15) is 44.6 Å². The summed E-state index contributed by atoms with van der Waals surface area (Å²) in [5.74, 6) is -0.991. The van der Waals surface area contributed by atoms with E-state index in [4.69, 9.17) is 4.74 Å². The summed E-state index contributed by atoms with van der Waals surface area (Å²) >= 11 is 0. The Morgan fingerprint density at radius 3 is 2.69 bits per heavy atom. The normalized spacial score (nSPS) is 18.0. The summed E-state index contributed by atoms with van der Waals surface area (Å²) in [6.07, 6.45) is 3.35. The van der Waals surface area contributed by atoms with Crippen LogP contribution >= 0.6 is 0 Å². The van der Waals surface area contributed by atoms with Crippen LogP contribution in [0.4, 0.5) is 11.4 Å². The molecule has 1 aliphatic heterocycles. The number of benzene rings is 1. The number of anilines is 2. The highest BCUT2D eigenvalue weighted by molar-refractivity contribution is 5.96. The zero-order chi connectivity index (χ0) is 23.1. The fourth-order valence-corrected chi connectivity index (χ4v) is 3.58. The molecule has 2 aliphatic rings. The minimum Gasteiger partial charge on any atom is -0.466 e. The van der Waals surface area contributed by atoms with Gasteiger partial charge >= 0.3 is 5.97 Å². The minimum absolute atomic E-state index is 0.0225. The lowest BCUT2D eigenvalue weighted by atomic mass is 10.1. The summed E-state index contributed by atoms with van der Waals surface area (Å²) in [7, 11) is 0. The number of carbonyl (C=O) groups is 4. The molecule has 174 valence electrons. The molecular formula is C23H32N4O5. The number of hydrogen-bond donors (Lipinski definition) is 3. The minimum atomic E-state index is -0.877. The van der Waals surface area contributed by atoms with Crippen LogP contribution < -0.4 is 16.0 Å². The van der Waals surface area contributed by atoms with Crippen LogP contribution in [0, 0.1) is 12.8 Å². The summed E-state index contributed by atoms with van der Waals surface area (Å²) in [5, 5.41) is 8.76. The first kappa shape index (κ1) is 23.6. The fraction of sp³-hybridized carbons (Fsp3) is 0.565. The topological polar surface area (TPSA) is 117 Å². The number of hydrogen-bond acceptors (Lipinski definition) is 6. The van der Waals surface area contributed by atoms with Gasteiger partial charge in [0.15, 0.2) is 0 Å². The largest absolute Gasteiger partial charge is 0.466 e. The predicted octanol–water partition coefficient (Wildman–Crippen LogP) is 1.82. The number of rotatable bonds is 10. The van der Waals surface area contributed by atoms with Crippen molar-refractivity contribution in [3.05, 3.63) is 23.8 Å². The van der Waals surface area contributed by atoms with E-state index in [9.17, 15) is 19.2 Å². The first-order valence-corrected chi connectivity index (χ1v) is 11.3. The van der Waals surface area contributed by atoms with Crippen LogP contribution in [0.2, 0.25) is 0 Å². The molecule has 1 aromatic rings. The average Bonchev–Trinajstić information content (AvgIpc) is 3.61. The lowest BCUT2D eigenvalue weighted by Crippen LogP contribution is -2.58. The molecule has 2 fully saturated rings. The fourth-order valence-electron chi connectivity index (χ4n) is 3.58. The van der Waals surface area contributed by atoms with E-state index in [1.54, 1.807) is 0 Å². The first-order valence-electron chi connectivity index (χ1n) is 11.3. The summed E-state index contributed by atoms with van der Waals surface area (Å²) in [4.78, 5) is 50.9. The SMILES string of the molecule is CCCCOC(=O)CC1C(=O)NCCN1C(=O)CNc1cccc(NC(=O)C2CC2)c1C. The average molecular weight is 445 g/mol. The third-order valence-corrected chi connectivity index (χ3v) is 5.74. The molecule has 1 aromatic carbocycles. The Balaban J connectivity index is 1.59. The number of nitrogens with one attached hydrogen (secondary N) is 3. The molecule has 0 aromatic heterocycles. The Kier molecular flexibility index (Phi) is 8.08. The molecule has 3 rings (SSSR count). The molecule has 1 atom stereocenters. The van der Waals surface area contributed by atoms with Gasteiger partial charge in [0.2, 0.25) is 17.7 Å². The van der Waals surface area contributed by atoms with Crippen LogP contribution in [-0.4, -0.2) is 60.9 Å². The first-order chi connectivity index (χ1) is 15.4. The molecule has 0 radical (unpaired) electrons. The Hall–Kier alpha value is -3.10. The van der Waals surface area contributed by atoms with Crippen molar-refractivity contribution in [3.8, 4) is 0 Å². The van der Waals surface area contributed by atoms with Crippen molar-refractivity contribution < 1.29 is 23.9 Å². The van der Waals surface area contributed by atoms with Crippen LogP contribution in [-0.2, 0) is 23.9 Å². The van der Waals surface area contributed by atoms with Crippen LogP contribution in [0.5, 0.6) is 0 Å². The van der Waals surface area contributed by atoms with E-state index in [0.29, 0.717) is 25.4 Å². The van der Waals surface area contributed by atoms with Crippen molar-refractivity contribution in [2.24, 2.45) is 5.92 Å². The van der Waals surface area contributed by atoms with Crippen molar-refractivity contribution >= 4 is 35.1 Å². The van der Waals surface area contributed by atoms with Gasteiger partial charge in [0.05, 0.1) is 19.6 Å². The highest BCUT2D eigenvalue weighted by atomic mass is 16.5. The molecule has 9 heteroatoms. The molecule has 1 aliphatic carbocycles. The monoisotopic (exact) mass is 444 g/mol. The van der Waals surface area contributed by atoms with E-state index in [0.717, 1.165) is 36.9 Å². The maximum Gasteiger partial charge on any atom is 0.308 e. The Bertz CT molecular complexity index is 868. The highest BCUT2D eigenvalue weighted by Crippen LogP contribution is 2.31. The highest BCUT2D eigenvalue weighted by Gasteiger charge is 2.35. The van der Waals surface area contributed by atoms with Crippen molar-refractivity contribution in [2.75, 3.05) is 36.9 Å². The van der Waals surface area contributed by atoms with Crippen LogP contribution in [0.3, 0.4) is 0 Å². The molecule has 9 nitrogen and oxygen atoms in total. The zero-order valence-electron chi connectivity index (χ0n) is 18.7. The number of esters is 1. The maximum absolute atomic E-state index is 12.9. The van der Waals surface area contributed by atoms with Gasteiger partial charge in [-0.25, -0.2) is 0 Å². The molecule has 1 saturated carbocycles. The van der Waals surface area contributed by atoms with Crippen molar-refractivity contribution in [2.45, 2.75) is 52.0 Å². The van der Waals surface area contributed by atoms with E-state index in [2.05, 4.69) is 16.0 Å². The van der Waals surface area contributed by atoms with Gasteiger partial charge in [0.25, 0.3) is 0 Å². The van der Waals surface area contributed by atoms with Crippen molar-refractivity contribution in [3.63, 3.8) is 0 Å². The smallest absolute Gasteiger partial charge is 0.308 e. The Morgan fingerprint density at radius 2 is 1.97 bits per heavy atom. The van der Waals surface area contributed by atoms with Gasteiger partial charge in [0, 0.05) is 30.4 Å². The second kappa shape index (κ2) is 11.0. The second-order valence-electron chi connectivity index (χ2n) is 8.27. The molecule has 1 saturated heterocycles. The standard InChI is InChI=1S/C23H32N4O5/c1-3-4-12-32-21(29)13-19-23(31)24-10-11-27(19)20(28)14-25-17-6-5-7-18(15(17)2)26-22(30)16-8-9-16/h5-7,16,19,25H,3-4,8-14H2,1-2H3,(H,24,31)(H,26,30). The molecular weight excluding hydrogens is 412 g/mol. The quantitative estimate of drug-likeness (QED) is 0.374. The predicted molar refractivity (Wildman–Crippen MR) is 120 cm³/mol. The maximum atomic E-state index is 12.9. The summed E-state index contributed by atoms with van der Waals surface area (Å²) in [5.41, 5.74) is 2.27. The molecule has 3 amide bonds. The lowest BCUT2D eigenvalue weighted by Gasteiger charge is -2.34. The molecule has 0 spiro atoms. The number of ether oxygens (including phenoxy) is 1. The van der Waals surface area contributed by atoms with Gasteiger partial charge in [-0.15, -0.1) is 0 Å². The summed E-state index contributed by atoms with van der Waals surface area (Å²) < 4.78 is 5.17. The van der Waals surface area contributed by atoms with Crippen molar-refractivity contribution in [1.82, 2.24) is 10.2 Å². The van der Waals surface area contributed by atoms with Crippen molar-refractivity contribution in [1.29, 1.82) is 0 Å². The van der Waals surface area contributed by atoms with E-state index in [1.165, 1.54) is 4.90 Å². The van der Waals surface area contributed by atoms with Gasteiger partial charge < -0.3 is 25.6 Å². The third-order valence-electron chi connectivity index (χ3n) is 5.74. The number of amides is 3. The van der Waals surface area contributed by atoms with Gasteiger partial charge in [-0.05, 0) is 43.9 Å². The second-order valence-corrected chi connectivity index (χ2v) is 8.27. The number of nitrogens with zero attached hydrogens (tertiary/aromatic N) is 1. The molecule has 32 heavy (non-hydrogen) atoms. The molecule has 0 bridgehead atoms. The van der Waals surface area contributed by atoms with Crippen LogP contribution in [0.15, 0.2) is 18.2 Å². The summed E-state index contributed by atoms with van der Waals surface area (Å²) in [6, 6.07) is 4.60. The van der Waals surface area contributed by atoms with Gasteiger partial charge in [0.1, 0.15) is 6.04 Å². The van der Waals surface area contributed by atoms with E-state index >= 15 is 0 Å². The van der Waals surface area contributed by atoms with E-state index in [-0.39, 0.29) is 36.6 Å². The number of unbranched alkanes of at least 4 members (excludes halogenated alkanes) is 1. The van der Waals surface area contributed by atoms with Crippen LogP contribution in [0.25, 0.3) is 0 Å². The zero-order valence-corrected chi connectivity index (χ0v) is 18.7. The third kappa shape index (κ3) is 6.21. The molecule has 1 unspecified atom stereocenters. The lowest BCUT2D eigenvalue weighted by molar-refractivity contribution is -0.151. The molecule has 1 heterocycles. The van der Waals surface area contributed by atoms with Gasteiger partial charge in [-0.2, -0.15) is 0 Å². The Morgan fingerprint density at radius 1 is 1.22 bits per heavy atom. The summed E-state index contributed by atoms with van der Waals surface area (Å²) in [6.45, 7) is 4.82. The van der Waals surface area contributed by atoms with Gasteiger partial charge in [-0.1, -0.05) is 19.4 Å². The number of carbonyl (C=O) groups excluding carboxylic acids is 4.